The van der Waals surface area contributed by atoms with Crippen LogP contribution in [0.2, 0.25) is 0 Å². The highest BCUT2D eigenvalue weighted by molar-refractivity contribution is 6.18. The lowest BCUT2D eigenvalue weighted by molar-refractivity contribution is -0.130. The Hall–Kier alpha value is -5.74. The number of nitriles is 2. The number of carbonyl (C=O) groups is 2. The van der Waals surface area contributed by atoms with E-state index in [1.807, 2.05) is 54.3 Å². The average Bonchev–Trinajstić information content (AvgIpc) is 3.15. The summed E-state index contributed by atoms with van der Waals surface area (Å²) in [5.41, 5.74) is 4.08. The molecule has 0 aliphatic rings. The minimum absolute atomic E-state index is 0.125. The molecule has 11 heteroatoms. The van der Waals surface area contributed by atoms with Gasteiger partial charge in [-0.2, -0.15) is 10.5 Å². The first-order chi connectivity index (χ1) is 25.2. The first-order valence-corrected chi connectivity index (χ1v) is 17.7. The molecule has 0 heterocycles. The van der Waals surface area contributed by atoms with Crippen molar-refractivity contribution in [2.45, 2.75) is 20.8 Å². The minimum Gasteiger partial charge on any atom is -0.457 e. The molecule has 0 amide bonds. The number of hydrogen-bond acceptors (Lipinski definition) is 9. The Morgan fingerprint density at radius 1 is 0.654 bits per heavy atom. The van der Waals surface area contributed by atoms with Gasteiger partial charge in [0, 0.05) is 49.3 Å². The molecule has 9 nitrogen and oxygen atoms in total. The maximum absolute atomic E-state index is 12.8. The molecule has 0 bridgehead atoms. The zero-order valence-corrected chi connectivity index (χ0v) is 30.7. The van der Waals surface area contributed by atoms with Crippen molar-refractivity contribution >= 4 is 58.7 Å². The number of alkyl halides is 2. The highest BCUT2D eigenvalue weighted by atomic mass is 35.5. The van der Waals surface area contributed by atoms with Crippen molar-refractivity contribution in [2.24, 2.45) is 0 Å². The van der Waals surface area contributed by atoms with E-state index >= 15 is 0 Å². The fourth-order valence-corrected chi connectivity index (χ4v) is 5.58. The van der Waals surface area contributed by atoms with Gasteiger partial charge in [0.15, 0.2) is 0 Å². The Kier molecular flexibility index (Phi) is 14.7. The summed E-state index contributed by atoms with van der Waals surface area (Å²) in [6.07, 6.45) is 2.99. The zero-order chi connectivity index (χ0) is 37.5. The van der Waals surface area contributed by atoms with Crippen LogP contribution < -0.4 is 24.0 Å². The van der Waals surface area contributed by atoms with Gasteiger partial charge in [-0.3, -0.25) is 0 Å². The SMILES string of the molecule is CCN(CC)c1ccc(/C=C(\C#N)C(=O)Oc2ccc(Oc3ccc(OC(=O)/C(C#N)=C/c4ccc(N(CCCl)CCCl)cc4)cc3)cc2)c(C)c1. The number of hydrogen-bond donors (Lipinski definition) is 0. The summed E-state index contributed by atoms with van der Waals surface area (Å²) in [5, 5.41) is 19.3. The van der Waals surface area contributed by atoms with E-state index in [4.69, 9.17) is 37.4 Å². The molecule has 0 N–H and O–H groups in total. The Morgan fingerprint density at radius 3 is 1.56 bits per heavy atom. The van der Waals surface area contributed by atoms with Crippen molar-refractivity contribution in [3.63, 3.8) is 0 Å². The second-order valence-corrected chi connectivity index (χ2v) is 12.1. The van der Waals surface area contributed by atoms with Gasteiger partial charge in [0.1, 0.15) is 46.3 Å². The summed E-state index contributed by atoms with van der Waals surface area (Å²) in [5.74, 6) is 0.730. The smallest absolute Gasteiger partial charge is 0.354 e. The average molecular weight is 738 g/mol. The molecular formula is C41H38Cl2N4O5. The van der Waals surface area contributed by atoms with Crippen molar-refractivity contribution < 1.29 is 23.8 Å². The predicted molar refractivity (Wildman–Crippen MR) is 206 cm³/mol. The van der Waals surface area contributed by atoms with Crippen LogP contribution in [0.25, 0.3) is 12.2 Å². The molecule has 4 rings (SSSR count). The minimum atomic E-state index is -0.797. The number of aryl methyl sites for hydroxylation is 1. The molecule has 4 aromatic carbocycles. The van der Waals surface area contributed by atoms with Crippen LogP contribution in [0, 0.1) is 29.6 Å². The number of esters is 2. The van der Waals surface area contributed by atoms with Gasteiger partial charge in [-0.05, 0) is 122 Å². The van der Waals surface area contributed by atoms with Crippen LogP contribution in [0.4, 0.5) is 11.4 Å². The van der Waals surface area contributed by atoms with Gasteiger partial charge in [-0.25, -0.2) is 9.59 Å². The van der Waals surface area contributed by atoms with Crippen LogP contribution in [-0.2, 0) is 9.59 Å². The lowest BCUT2D eigenvalue weighted by Gasteiger charge is -2.22. The Labute approximate surface area is 314 Å². The number of rotatable bonds is 16. The van der Waals surface area contributed by atoms with Crippen molar-refractivity contribution in [3.05, 3.63) is 119 Å². The van der Waals surface area contributed by atoms with E-state index in [9.17, 15) is 20.1 Å². The Bertz CT molecular complexity index is 1970. The zero-order valence-electron chi connectivity index (χ0n) is 29.1. The number of benzene rings is 4. The summed E-state index contributed by atoms with van der Waals surface area (Å²) in [6, 6.07) is 29.8. The summed E-state index contributed by atoms with van der Waals surface area (Å²) in [6.45, 7) is 9.15. The molecule has 0 aliphatic carbocycles. The number of halogens is 2. The van der Waals surface area contributed by atoms with Crippen molar-refractivity contribution in [1.29, 1.82) is 10.5 Å². The molecule has 0 spiro atoms. The normalized spacial score (nSPS) is 11.2. The topological polar surface area (TPSA) is 116 Å². The first-order valence-electron chi connectivity index (χ1n) is 16.6. The third-order valence-electron chi connectivity index (χ3n) is 7.94. The highest BCUT2D eigenvalue weighted by Gasteiger charge is 2.15. The molecule has 266 valence electrons. The van der Waals surface area contributed by atoms with E-state index < -0.39 is 11.9 Å². The van der Waals surface area contributed by atoms with Crippen LogP contribution in [0.5, 0.6) is 23.0 Å². The van der Waals surface area contributed by atoms with Crippen LogP contribution in [0.3, 0.4) is 0 Å². The second-order valence-electron chi connectivity index (χ2n) is 11.3. The third-order valence-corrected chi connectivity index (χ3v) is 8.28. The van der Waals surface area contributed by atoms with Gasteiger partial charge >= 0.3 is 11.9 Å². The first kappa shape index (κ1) is 39.1. The van der Waals surface area contributed by atoms with Crippen molar-refractivity contribution in [2.75, 3.05) is 47.7 Å². The molecule has 0 saturated carbocycles. The maximum Gasteiger partial charge on any atom is 0.354 e. The van der Waals surface area contributed by atoms with E-state index in [1.165, 1.54) is 12.2 Å². The van der Waals surface area contributed by atoms with Gasteiger partial charge < -0.3 is 24.0 Å². The predicted octanol–water partition coefficient (Wildman–Crippen LogP) is 8.94. The molecule has 0 atom stereocenters. The standard InChI is InChI=1S/C41H38Cl2N4O5/c1-4-46(5-2)35-11-8-31(29(3)24-35)26-33(28-45)41(49)52-39-18-14-37(15-19-39)50-36-12-16-38(17-13-36)51-40(48)32(27-44)25-30-6-9-34(10-7-30)47(22-20-42)23-21-43/h6-19,24-26H,4-5,20-23H2,1-3H3/b32-25+,33-26+. The van der Waals surface area contributed by atoms with Gasteiger partial charge in [0.25, 0.3) is 0 Å². The molecule has 0 unspecified atom stereocenters. The molecule has 4 aromatic rings. The fraction of sp³-hybridized carbons (Fsp3) is 0.220. The van der Waals surface area contributed by atoms with E-state index in [1.54, 1.807) is 60.7 Å². The summed E-state index contributed by atoms with van der Waals surface area (Å²) in [7, 11) is 0. The molecule has 0 aliphatic heterocycles. The monoisotopic (exact) mass is 736 g/mol. The van der Waals surface area contributed by atoms with Crippen LogP contribution in [0.1, 0.15) is 30.5 Å². The summed E-state index contributed by atoms with van der Waals surface area (Å²) < 4.78 is 16.7. The molecule has 0 saturated heterocycles. The summed E-state index contributed by atoms with van der Waals surface area (Å²) in [4.78, 5) is 29.8. The Morgan fingerprint density at radius 2 is 1.12 bits per heavy atom. The number of anilines is 2. The van der Waals surface area contributed by atoms with Crippen LogP contribution >= 0.6 is 23.2 Å². The van der Waals surface area contributed by atoms with Crippen molar-refractivity contribution in [3.8, 4) is 35.1 Å². The molecule has 52 heavy (non-hydrogen) atoms. The van der Waals surface area contributed by atoms with E-state index in [-0.39, 0.29) is 22.6 Å². The van der Waals surface area contributed by atoms with E-state index in [2.05, 4.69) is 18.7 Å². The Balaban J connectivity index is 1.33. The molecule has 0 fully saturated rings. The van der Waals surface area contributed by atoms with Gasteiger partial charge in [0.2, 0.25) is 0 Å². The summed E-state index contributed by atoms with van der Waals surface area (Å²) >= 11 is 11.8. The largest absolute Gasteiger partial charge is 0.457 e. The number of carbonyl (C=O) groups excluding carboxylic acids is 2. The lowest BCUT2D eigenvalue weighted by Crippen LogP contribution is -2.27. The molecule has 0 radical (unpaired) electrons. The molecular weight excluding hydrogens is 699 g/mol. The van der Waals surface area contributed by atoms with Crippen molar-refractivity contribution in [1.82, 2.24) is 0 Å². The molecule has 0 aromatic heterocycles. The van der Waals surface area contributed by atoms with E-state index in [0.29, 0.717) is 41.9 Å². The van der Waals surface area contributed by atoms with Gasteiger partial charge in [0.05, 0.1) is 0 Å². The number of nitrogens with zero attached hydrogens (tertiary/aromatic N) is 4. The number of ether oxygens (including phenoxy) is 3. The van der Waals surface area contributed by atoms with E-state index in [0.717, 1.165) is 35.6 Å². The maximum atomic E-state index is 12.8. The highest BCUT2D eigenvalue weighted by Crippen LogP contribution is 2.27. The third kappa shape index (κ3) is 10.9. The van der Waals surface area contributed by atoms with Gasteiger partial charge in [-0.1, -0.05) is 18.2 Å². The van der Waals surface area contributed by atoms with Crippen LogP contribution in [-0.4, -0.2) is 49.9 Å². The van der Waals surface area contributed by atoms with Crippen LogP contribution in [0.15, 0.2) is 102 Å². The van der Waals surface area contributed by atoms with Gasteiger partial charge in [-0.15, -0.1) is 23.2 Å². The fourth-order valence-electron chi connectivity index (χ4n) is 5.17. The quantitative estimate of drug-likeness (QED) is 0.0365. The second kappa shape index (κ2) is 19.6. The lowest BCUT2D eigenvalue weighted by atomic mass is 10.0.